The molecule has 0 bridgehead atoms. The van der Waals surface area contributed by atoms with Crippen LogP contribution < -0.4 is 5.32 Å². The van der Waals surface area contributed by atoms with Gasteiger partial charge in [0.15, 0.2) is 0 Å². The first kappa shape index (κ1) is 11.4. The van der Waals surface area contributed by atoms with Gasteiger partial charge in [0.05, 0.1) is 0 Å². The summed E-state index contributed by atoms with van der Waals surface area (Å²) in [5.74, 6) is 1.08. The van der Waals surface area contributed by atoms with E-state index in [0.29, 0.717) is 0 Å². The summed E-state index contributed by atoms with van der Waals surface area (Å²) < 4.78 is 0. The predicted molar refractivity (Wildman–Crippen MR) is 65.1 cm³/mol. The molecule has 2 heteroatoms. The highest BCUT2D eigenvalue weighted by Gasteiger charge is 2.15. The highest BCUT2D eigenvalue weighted by molar-refractivity contribution is 4.70. The summed E-state index contributed by atoms with van der Waals surface area (Å²) in [5.41, 5.74) is 0. The van der Waals surface area contributed by atoms with Crippen molar-refractivity contribution in [1.29, 1.82) is 0 Å². The van der Waals surface area contributed by atoms with Gasteiger partial charge in [-0.1, -0.05) is 25.7 Å². The summed E-state index contributed by atoms with van der Waals surface area (Å²) >= 11 is 0. The zero-order chi connectivity index (χ0) is 10.3. The van der Waals surface area contributed by atoms with Gasteiger partial charge in [-0.3, -0.25) is 0 Å². The summed E-state index contributed by atoms with van der Waals surface area (Å²) in [6, 6.07) is 0. The summed E-state index contributed by atoms with van der Waals surface area (Å²) in [4.78, 5) is 2.65. The molecule has 0 radical (unpaired) electrons. The molecule has 1 aliphatic carbocycles. The maximum atomic E-state index is 3.47. The lowest BCUT2D eigenvalue weighted by Crippen LogP contribution is -2.29. The highest BCUT2D eigenvalue weighted by atomic mass is 15.1. The average Bonchev–Trinajstić information content (AvgIpc) is 2.62. The van der Waals surface area contributed by atoms with E-state index in [-0.39, 0.29) is 0 Å². The van der Waals surface area contributed by atoms with Gasteiger partial charge in [-0.05, 0) is 44.8 Å². The maximum Gasteiger partial charge on any atom is 0.0107 e. The third-order valence-corrected chi connectivity index (χ3v) is 3.99. The van der Waals surface area contributed by atoms with Gasteiger partial charge in [-0.15, -0.1) is 0 Å². The summed E-state index contributed by atoms with van der Waals surface area (Å²) in [5, 5.41) is 3.47. The van der Waals surface area contributed by atoms with Gasteiger partial charge in [-0.25, -0.2) is 0 Å². The van der Waals surface area contributed by atoms with Gasteiger partial charge in [0, 0.05) is 13.1 Å². The minimum absolute atomic E-state index is 1.08. The smallest absolute Gasteiger partial charge is 0.0107 e. The standard InChI is InChI=1S/C13H26N2/c1-2-6-13(5-1)7-3-10-15-11-4-8-14-9-12-15/h13-14H,1-12H2. The molecule has 2 aliphatic rings. The lowest BCUT2D eigenvalue weighted by molar-refractivity contribution is 0.277. The Hall–Kier alpha value is -0.0800. The number of hydrogen-bond donors (Lipinski definition) is 1. The van der Waals surface area contributed by atoms with Crippen LogP contribution in [0.25, 0.3) is 0 Å². The van der Waals surface area contributed by atoms with Crippen LogP contribution in [0.1, 0.15) is 44.9 Å². The third kappa shape index (κ3) is 4.12. The van der Waals surface area contributed by atoms with Crippen molar-refractivity contribution in [2.24, 2.45) is 5.92 Å². The van der Waals surface area contributed by atoms with Crippen LogP contribution in [0, 0.1) is 5.92 Å². The fourth-order valence-corrected chi connectivity index (χ4v) is 3.03. The minimum atomic E-state index is 1.08. The molecule has 2 rings (SSSR count). The molecule has 2 fully saturated rings. The molecular weight excluding hydrogens is 184 g/mol. The van der Waals surface area contributed by atoms with Gasteiger partial charge >= 0.3 is 0 Å². The second-order valence-corrected chi connectivity index (χ2v) is 5.24. The highest BCUT2D eigenvalue weighted by Crippen LogP contribution is 2.28. The molecule has 0 aromatic heterocycles. The monoisotopic (exact) mass is 210 g/mol. The second kappa shape index (κ2) is 6.49. The zero-order valence-electron chi connectivity index (χ0n) is 10.0. The molecule has 1 heterocycles. The van der Waals surface area contributed by atoms with E-state index in [0.717, 1.165) is 5.92 Å². The van der Waals surface area contributed by atoms with Crippen molar-refractivity contribution in [3.8, 4) is 0 Å². The Bertz CT molecular complexity index is 156. The van der Waals surface area contributed by atoms with Crippen LogP contribution in [0.4, 0.5) is 0 Å². The lowest BCUT2D eigenvalue weighted by Gasteiger charge is -2.20. The maximum absolute atomic E-state index is 3.47. The predicted octanol–water partition coefficient (Wildman–Crippen LogP) is 2.25. The lowest BCUT2D eigenvalue weighted by atomic mass is 10.0. The number of rotatable bonds is 4. The first-order valence-electron chi connectivity index (χ1n) is 6.88. The van der Waals surface area contributed by atoms with Crippen molar-refractivity contribution < 1.29 is 0 Å². The molecule has 2 nitrogen and oxygen atoms in total. The van der Waals surface area contributed by atoms with Gasteiger partial charge in [0.2, 0.25) is 0 Å². The third-order valence-electron chi connectivity index (χ3n) is 3.99. The van der Waals surface area contributed by atoms with Crippen molar-refractivity contribution in [1.82, 2.24) is 10.2 Å². The van der Waals surface area contributed by atoms with Crippen molar-refractivity contribution in [3.63, 3.8) is 0 Å². The van der Waals surface area contributed by atoms with Crippen LogP contribution in [-0.2, 0) is 0 Å². The molecular formula is C13H26N2. The Morgan fingerprint density at radius 3 is 2.73 bits per heavy atom. The Morgan fingerprint density at radius 2 is 1.87 bits per heavy atom. The molecule has 1 saturated heterocycles. The van der Waals surface area contributed by atoms with Crippen LogP contribution in [0.5, 0.6) is 0 Å². The molecule has 0 atom stereocenters. The zero-order valence-corrected chi connectivity index (χ0v) is 10.0. The van der Waals surface area contributed by atoms with Crippen molar-refractivity contribution in [3.05, 3.63) is 0 Å². The number of nitrogens with one attached hydrogen (secondary N) is 1. The summed E-state index contributed by atoms with van der Waals surface area (Å²) in [6.07, 6.45) is 10.3. The molecule has 0 spiro atoms. The van der Waals surface area contributed by atoms with Crippen LogP contribution in [0.2, 0.25) is 0 Å². The normalized spacial score (nSPS) is 25.6. The van der Waals surface area contributed by atoms with Crippen molar-refractivity contribution in [2.45, 2.75) is 44.9 Å². The van der Waals surface area contributed by atoms with Crippen LogP contribution >= 0.6 is 0 Å². The summed E-state index contributed by atoms with van der Waals surface area (Å²) in [7, 11) is 0. The van der Waals surface area contributed by atoms with Crippen LogP contribution in [0.15, 0.2) is 0 Å². The quantitative estimate of drug-likeness (QED) is 0.765. The fourth-order valence-electron chi connectivity index (χ4n) is 3.03. The molecule has 88 valence electrons. The summed E-state index contributed by atoms with van der Waals surface area (Å²) in [6.45, 7) is 6.35. The van der Waals surface area contributed by atoms with E-state index in [4.69, 9.17) is 0 Å². The number of nitrogens with zero attached hydrogens (tertiary/aromatic N) is 1. The van der Waals surface area contributed by atoms with Crippen LogP contribution in [-0.4, -0.2) is 37.6 Å². The van der Waals surface area contributed by atoms with Crippen LogP contribution in [0.3, 0.4) is 0 Å². The van der Waals surface area contributed by atoms with Crippen molar-refractivity contribution >= 4 is 0 Å². The van der Waals surface area contributed by atoms with Gasteiger partial charge < -0.3 is 10.2 Å². The Kier molecular flexibility index (Phi) is 4.94. The largest absolute Gasteiger partial charge is 0.315 e. The first-order valence-corrected chi connectivity index (χ1v) is 6.88. The second-order valence-electron chi connectivity index (χ2n) is 5.24. The molecule has 1 N–H and O–H groups in total. The van der Waals surface area contributed by atoms with E-state index in [1.54, 1.807) is 0 Å². The van der Waals surface area contributed by atoms with E-state index >= 15 is 0 Å². The van der Waals surface area contributed by atoms with Crippen molar-refractivity contribution in [2.75, 3.05) is 32.7 Å². The Balaban J connectivity index is 1.55. The van der Waals surface area contributed by atoms with Gasteiger partial charge in [-0.2, -0.15) is 0 Å². The molecule has 0 aromatic carbocycles. The Labute approximate surface area is 94.4 Å². The van der Waals surface area contributed by atoms with E-state index in [1.165, 1.54) is 77.7 Å². The van der Waals surface area contributed by atoms with Gasteiger partial charge in [0.1, 0.15) is 0 Å². The molecule has 0 amide bonds. The van der Waals surface area contributed by atoms with E-state index in [9.17, 15) is 0 Å². The SMILES string of the molecule is C1CCC(CCCN2CCCNCC2)C1. The Morgan fingerprint density at radius 1 is 1.00 bits per heavy atom. The average molecular weight is 210 g/mol. The molecule has 1 aliphatic heterocycles. The minimum Gasteiger partial charge on any atom is -0.315 e. The number of hydrogen-bond acceptors (Lipinski definition) is 2. The fraction of sp³-hybridized carbons (Fsp3) is 1.00. The van der Waals surface area contributed by atoms with E-state index in [2.05, 4.69) is 10.2 Å². The molecule has 0 unspecified atom stereocenters. The molecule has 0 aromatic rings. The molecule has 1 saturated carbocycles. The topological polar surface area (TPSA) is 15.3 Å². The van der Waals surface area contributed by atoms with Gasteiger partial charge in [0.25, 0.3) is 0 Å². The van der Waals surface area contributed by atoms with E-state index in [1.807, 2.05) is 0 Å². The first-order chi connectivity index (χ1) is 7.45. The molecule has 15 heavy (non-hydrogen) atoms. The van der Waals surface area contributed by atoms with E-state index < -0.39 is 0 Å².